The molecular formula is C26H21FN4O3. The first kappa shape index (κ1) is 21.5. The number of nitrogens with zero attached hydrogens (tertiary/aromatic N) is 3. The summed E-state index contributed by atoms with van der Waals surface area (Å²) in [5, 5.41) is 9.99. The zero-order chi connectivity index (χ0) is 23.7. The van der Waals surface area contributed by atoms with Crippen molar-refractivity contribution in [1.82, 2.24) is 9.97 Å². The number of benzene rings is 3. The van der Waals surface area contributed by atoms with Gasteiger partial charge in [0, 0.05) is 17.3 Å². The molecule has 34 heavy (non-hydrogen) atoms. The standard InChI is InChI=1S/C26H21FN4O3/c27-18-7-11-21(12-8-18)34-20-9-5-16(6-10-20)26-29-22(25(28)33)14-24(30-26)31-19(15-32)13-17-3-1-2-4-23(17)31/h1-12,14,19,32H,13,15H2,(H2,28,33)/t19-/m0/s1. The van der Waals surface area contributed by atoms with Gasteiger partial charge in [0.2, 0.25) is 0 Å². The molecule has 1 aromatic heterocycles. The number of aromatic nitrogens is 2. The lowest BCUT2D eigenvalue weighted by Gasteiger charge is -2.25. The number of aliphatic hydroxyl groups excluding tert-OH is 1. The van der Waals surface area contributed by atoms with Crippen molar-refractivity contribution < 1.29 is 19.0 Å². The smallest absolute Gasteiger partial charge is 0.267 e. The van der Waals surface area contributed by atoms with E-state index in [4.69, 9.17) is 15.5 Å². The lowest BCUT2D eigenvalue weighted by molar-refractivity contribution is 0.0995. The second-order valence-electron chi connectivity index (χ2n) is 7.92. The number of fused-ring (bicyclic) bond motifs is 1. The maximum Gasteiger partial charge on any atom is 0.267 e. The summed E-state index contributed by atoms with van der Waals surface area (Å²) in [7, 11) is 0. The molecule has 0 bridgehead atoms. The first-order valence-electron chi connectivity index (χ1n) is 10.7. The number of carbonyl (C=O) groups excluding carboxylic acids is 1. The Morgan fingerprint density at radius 2 is 1.71 bits per heavy atom. The number of carbonyl (C=O) groups is 1. The number of anilines is 2. The molecule has 3 aromatic carbocycles. The SMILES string of the molecule is NC(=O)c1cc(N2c3ccccc3C[C@H]2CO)nc(-c2ccc(Oc3ccc(F)cc3)cc2)n1. The van der Waals surface area contributed by atoms with E-state index in [0.29, 0.717) is 35.1 Å². The lowest BCUT2D eigenvalue weighted by Crippen LogP contribution is -2.32. The van der Waals surface area contributed by atoms with E-state index in [1.807, 2.05) is 29.2 Å². The summed E-state index contributed by atoms with van der Waals surface area (Å²) in [6.07, 6.45) is 0.660. The van der Waals surface area contributed by atoms with E-state index in [-0.39, 0.29) is 24.2 Å². The fourth-order valence-electron chi connectivity index (χ4n) is 4.04. The van der Waals surface area contributed by atoms with E-state index in [1.54, 1.807) is 42.5 Å². The number of hydrogen-bond donors (Lipinski definition) is 2. The van der Waals surface area contributed by atoms with Crippen LogP contribution in [-0.4, -0.2) is 33.6 Å². The largest absolute Gasteiger partial charge is 0.457 e. The molecule has 3 N–H and O–H groups in total. The minimum absolute atomic E-state index is 0.0741. The molecule has 1 atom stereocenters. The number of aliphatic hydroxyl groups is 1. The van der Waals surface area contributed by atoms with Crippen molar-refractivity contribution >= 4 is 17.4 Å². The van der Waals surface area contributed by atoms with Crippen LogP contribution in [0.3, 0.4) is 0 Å². The summed E-state index contributed by atoms with van der Waals surface area (Å²) in [4.78, 5) is 23.0. The van der Waals surface area contributed by atoms with Gasteiger partial charge < -0.3 is 20.5 Å². The van der Waals surface area contributed by atoms with E-state index >= 15 is 0 Å². The first-order valence-corrected chi connectivity index (χ1v) is 10.7. The van der Waals surface area contributed by atoms with Crippen LogP contribution in [0.1, 0.15) is 16.1 Å². The van der Waals surface area contributed by atoms with Crippen LogP contribution in [0.5, 0.6) is 11.5 Å². The van der Waals surface area contributed by atoms with Crippen molar-refractivity contribution in [2.45, 2.75) is 12.5 Å². The molecule has 1 aliphatic heterocycles. The van der Waals surface area contributed by atoms with Crippen molar-refractivity contribution in [3.63, 3.8) is 0 Å². The van der Waals surface area contributed by atoms with Gasteiger partial charge >= 0.3 is 0 Å². The van der Waals surface area contributed by atoms with Gasteiger partial charge in [0.05, 0.1) is 12.6 Å². The second-order valence-corrected chi connectivity index (χ2v) is 7.92. The molecule has 1 amide bonds. The number of rotatable bonds is 6. The molecule has 0 radical (unpaired) electrons. The molecule has 8 heteroatoms. The number of primary amides is 1. The van der Waals surface area contributed by atoms with Crippen LogP contribution in [0.4, 0.5) is 15.9 Å². The Labute approximate surface area is 195 Å². The summed E-state index contributed by atoms with van der Waals surface area (Å²) in [5.74, 6) is 0.847. The zero-order valence-corrected chi connectivity index (χ0v) is 18.1. The molecule has 4 aromatic rings. The highest BCUT2D eigenvalue weighted by Gasteiger charge is 2.31. The van der Waals surface area contributed by atoms with Crippen LogP contribution >= 0.6 is 0 Å². The van der Waals surface area contributed by atoms with Crippen LogP contribution in [-0.2, 0) is 6.42 Å². The monoisotopic (exact) mass is 456 g/mol. The maximum atomic E-state index is 13.1. The quantitative estimate of drug-likeness (QED) is 0.450. The first-order chi connectivity index (χ1) is 16.5. The minimum Gasteiger partial charge on any atom is -0.457 e. The molecule has 0 unspecified atom stereocenters. The van der Waals surface area contributed by atoms with Gasteiger partial charge in [0.1, 0.15) is 28.8 Å². The molecule has 1 aliphatic rings. The second kappa shape index (κ2) is 8.92. The predicted octanol–water partition coefficient (Wildman–Crippen LogP) is 4.23. The molecule has 0 saturated carbocycles. The maximum absolute atomic E-state index is 13.1. The summed E-state index contributed by atoms with van der Waals surface area (Å²) in [6.45, 7) is -0.0741. The molecule has 0 aliphatic carbocycles. The average molecular weight is 456 g/mol. The minimum atomic E-state index is -0.672. The third kappa shape index (κ3) is 4.18. The fraction of sp³-hybridized carbons (Fsp3) is 0.115. The Morgan fingerprint density at radius 3 is 2.38 bits per heavy atom. The van der Waals surface area contributed by atoms with Gasteiger partial charge in [0.25, 0.3) is 5.91 Å². The summed E-state index contributed by atoms with van der Waals surface area (Å²) in [6, 6.07) is 21.9. The highest BCUT2D eigenvalue weighted by molar-refractivity contribution is 5.92. The van der Waals surface area contributed by atoms with Gasteiger partial charge in [-0.15, -0.1) is 0 Å². The lowest BCUT2D eigenvalue weighted by atomic mass is 10.1. The van der Waals surface area contributed by atoms with Gasteiger partial charge in [-0.3, -0.25) is 4.79 Å². The molecule has 0 fully saturated rings. The normalized spacial score (nSPS) is 14.6. The van der Waals surface area contributed by atoms with Crippen molar-refractivity contribution in [1.29, 1.82) is 0 Å². The van der Waals surface area contributed by atoms with Crippen LogP contribution in [0, 0.1) is 5.82 Å². The Kier molecular flexibility index (Phi) is 5.65. The summed E-state index contributed by atoms with van der Waals surface area (Å²) >= 11 is 0. The van der Waals surface area contributed by atoms with E-state index in [2.05, 4.69) is 4.98 Å². The Morgan fingerprint density at radius 1 is 1.03 bits per heavy atom. The van der Waals surface area contributed by atoms with E-state index < -0.39 is 5.91 Å². The molecule has 7 nitrogen and oxygen atoms in total. The summed E-state index contributed by atoms with van der Waals surface area (Å²) < 4.78 is 18.9. The van der Waals surface area contributed by atoms with Crippen molar-refractivity contribution in [2.24, 2.45) is 5.73 Å². The number of amides is 1. The third-order valence-electron chi connectivity index (χ3n) is 5.66. The van der Waals surface area contributed by atoms with Gasteiger partial charge in [0.15, 0.2) is 5.82 Å². The number of hydrogen-bond acceptors (Lipinski definition) is 6. The van der Waals surface area contributed by atoms with Gasteiger partial charge in [-0.2, -0.15) is 0 Å². The van der Waals surface area contributed by atoms with E-state index in [1.165, 1.54) is 12.1 Å². The topological polar surface area (TPSA) is 102 Å². The van der Waals surface area contributed by atoms with Crippen LogP contribution in [0.25, 0.3) is 11.4 Å². The highest BCUT2D eigenvalue weighted by atomic mass is 19.1. The number of nitrogens with two attached hydrogens (primary N) is 1. The molecule has 170 valence electrons. The van der Waals surface area contributed by atoms with Crippen molar-refractivity contribution in [2.75, 3.05) is 11.5 Å². The molecule has 5 rings (SSSR count). The van der Waals surface area contributed by atoms with E-state index in [0.717, 1.165) is 11.3 Å². The number of ether oxygens (including phenoxy) is 1. The van der Waals surface area contributed by atoms with Crippen LogP contribution < -0.4 is 15.4 Å². The van der Waals surface area contributed by atoms with Crippen molar-refractivity contribution in [3.8, 4) is 22.9 Å². The Hall–Kier alpha value is -4.30. The third-order valence-corrected chi connectivity index (χ3v) is 5.66. The molecule has 0 spiro atoms. The van der Waals surface area contributed by atoms with Gasteiger partial charge in [-0.25, -0.2) is 14.4 Å². The number of halogens is 1. The summed E-state index contributed by atoms with van der Waals surface area (Å²) in [5.41, 5.74) is 8.31. The van der Waals surface area contributed by atoms with Crippen molar-refractivity contribution in [3.05, 3.63) is 95.9 Å². The Bertz CT molecular complexity index is 1340. The van der Waals surface area contributed by atoms with E-state index in [9.17, 15) is 14.3 Å². The van der Waals surface area contributed by atoms with Gasteiger partial charge in [-0.1, -0.05) is 18.2 Å². The molecule has 2 heterocycles. The average Bonchev–Trinajstić information content (AvgIpc) is 3.24. The molecular weight excluding hydrogens is 435 g/mol. The van der Waals surface area contributed by atoms with Gasteiger partial charge in [-0.05, 0) is 66.6 Å². The molecule has 0 saturated heterocycles. The Balaban J connectivity index is 1.50. The fourth-order valence-corrected chi connectivity index (χ4v) is 4.04. The number of para-hydroxylation sites is 1. The van der Waals surface area contributed by atoms with Crippen LogP contribution in [0.15, 0.2) is 78.9 Å². The highest BCUT2D eigenvalue weighted by Crippen LogP contribution is 2.38. The van der Waals surface area contributed by atoms with Crippen LogP contribution in [0.2, 0.25) is 0 Å². The predicted molar refractivity (Wildman–Crippen MR) is 126 cm³/mol. The zero-order valence-electron chi connectivity index (χ0n) is 18.1.